The predicted octanol–water partition coefficient (Wildman–Crippen LogP) is 3.43. The minimum atomic E-state index is -1.62. The van der Waals surface area contributed by atoms with Crippen LogP contribution in [-0.2, 0) is 12.1 Å². The molecular formula is C19H17Cl2FN4O2. The number of carbonyl (C=O) groups is 1. The summed E-state index contributed by atoms with van der Waals surface area (Å²) in [5.74, 6) is -0.908. The van der Waals surface area contributed by atoms with Crippen LogP contribution in [-0.4, -0.2) is 31.8 Å². The summed E-state index contributed by atoms with van der Waals surface area (Å²) >= 11 is 12.3. The molecule has 1 heterocycles. The Morgan fingerprint density at radius 1 is 1.29 bits per heavy atom. The van der Waals surface area contributed by atoms with E-state index >= 15 is 0 Å². The Balaban J connectivity index is 1.93. The molecule has 2 N–H and O–H groups in total. The van der Waals surface area contributed by atoms with Crippen LogP contribution >= 0.6 is 23.2 Å². The average molecular weight is 423 g/mol. The molecule has 0 unspecified atom stereocenters. The van der Waals surface area contributed by atoms with Gasteiger partial charge in [-0.05, 0) is 43.3 Å². The first kappa shape index (κ1) is 20.3. The molecular weight excluding hydrogens is 406 g/mol. The third-order valence-corrected chi connectivity index (χ3v) is 4.99. The Kier molecular flexibility index (Phi) is 5.98. The average Bonchev–Trinajstić information content (AvgIpc) is 3.14. The van der Waals surface area contributed by atoms with Crippen molar-refractivity contribution in [3.8, 4) is 0 Å². The minimum Gasteiger partial charge on any atom is -0.381 e. The first-order valence-corrected chi connectivity index (χ1v) is 9.12. The first-order valence-electron chi connectivity index (χ1n) is 8.36. The quantitative estimate of drug-likeness (QED) is 0.637. The molecule has 0 aliphatic rings. The molecule has 2 atom stereocenters. The van der Waals surface area contributed by atoms with Crippen molar-refractivity contribution in [1.82, 2.24) is 20.1 Å². The fourth-order valence-electron chi connectivity index (χ4n) is 2.86. The summed E-state index contributed by atoms with van der Waals surface area (Å²) in [6.07, 6.45) is 2.79. The molecule has 3 aromatic rings. The lowest BCUT2D eigenvalue weighted by Crippen LogP contribution is -2.51. The van der Waals surface area contributed by atoms with Crippen LogP contribution in [0, 0.1) is 5.82 Å². The highest BCUT2D eigenvalue weighted by molar-refractivity contribution is 6.35. The monoisotopic (exact) mass is 422 g/mol. The van der Waals surface area contributed by atoms with E-state index in [0.29, 0.717) is 10.6 Å². The molecule has 0 bridgehead atoms. The minimum absolute atomic E-state index is 0.0147. The van der Waals surface area contributed by atoms with E-state index in [9.17, 15) is 14.3 Å². The van der Waals surface area contributed by atoms with Crippen LogP contribution in [0.5, 0.6) is 0 Å². The van der Waals surface area contributed by atoms with Crippen LogP contribution in [0.4, 0.5) is 4.39 Å². The normalized spacial score (nSPS) is 14.3. The molecule has 0 fully saturated rings. The van der Waals surface area contributed by atoms with E-state index in [1.165, 1.54) is 47.7 Å². The SMILES string of the molecule is C[C@@H](NC(=O)c1ccc(F)cc1)[C@](O)(Cn1cncn1)c1ccc(Cl)cc1Cl. The number of carbonyl (C=O) groups excluding carboxylic acids is 1. The molecule has 0 spiro atoms. The molecule has 3 rings (SSSR count). The second-order valence-electron chi connectivity index (χ2n) is 6.34. The van der Waals surface area contributed by atoms with Crippen molar-refractivity contribution in [2.75, 3.05) is 0 Å². The Morgan fingerprint density at radius 2 is 2.00 bits per heavy atom. The largest absolute Gasteiger partial charge is 0.381 e. The van der Waals surface area contributed by atoms with Gasteiger partial charge < -0.3 is 10.4 Å². The Morgan fingerprint density at radius 3 is 2.61 bits per heavy atom. The molecule has 0 aliphatic carbocycles. The van der Waals surface area contributed by atoms with Crippen molar-refractivity contribution < 1.29 is 14.3 Å². The second-order valence-corrected chi connectivity index (χ2v) is 7.19. The smallest absolute Gasteiger partial charge is 0.251 e. The molecule has 146 valence electrons. The van der Waals surface area contributed by atoms with Crippen molar-refractivity contribution in [3.05, 3.63) is 82.1 Å². The summed E-state index contributed by atoms with van der Waals surface area (Å²) < 4.78 is 14.5. The van der Waals surface area contributed by atoms with E-state index in [4.69, 9.17) is 23.2 Å². The van der Waals surface area contributed by atoms with Crippen molar-refractivity contribution in [2.24, 2.45) is 0 Å². The number of aromatic nitrogens is 3. The standard InChI is InChI=1S/C19H17Cl2FN4O2/c1-12(25-18(27)13-2-5-15(22)6-3-13)19(28,9-26-11-23-10-24-26)16-7-4-14(20)8-17(16)21/h2-8,10-12,28H,9H2,1H3,(H,25,27)/t12-,19-/m1/s1. The maximum Gasteiger partial charge on any atom is 0.251 e. The molecule has 28 heavy (non-hydrogen) atoms. The van der Waals surface area contributed by atoms with Gasteiger partial charge in [0.2, 0.25) is 0 Å². The van der Waals surface area contributed by atoms with Gasteiger partial charge in [0.1, 0.15) is 24.1 Å². The van der Waals surface area contributed by atoms with Crippen molar-refractivity contribution in [3.63, 3.8) is 0 Å². The number of rotatable bonds is 6. The number of benzene rings is 2. The maximum absolute atomic E-state index is 13.1. The highest BCUT2D eigenvalue weighted by Crippen LogP contribution is 2.34. The lowest BCUT2D eigenvalue weighted by Gasteiger charge is -2.35. The zero-order valence-electron chi connectivity index (χ0n) is 14.8. The van der Waals surface area contributed by atoms with Crippen LogP contribution < -0.4 is 5.32 Å². The maximum atomic E-state index is 13.1. The van der Waals surface area contributed by atoms with Crippen molar-refractivity contribution in [1.29, 1.82) is 0 Å². The number of aliphatic hydroxyl groups is 1. The van der Waals surface area contributed by atoms with E-state index in [1.807, 2.05) is 0 Å². The van der Waals surface area contributed by atoms with Crippen LogP contribution in [0.3, 0.4) is 0 Å². The molecule has 1 aromatic heterocycles. The third-order valence-electron chi connectivity index (χ3n) is 4.44. The van der Waals surface area contributed by atoms with Gasteiger partial charge in [0, 0.05) is 21.2 Å². The van der Waals surface area contributed by atoms with Crippen molar-refractivity contribution >= 4 is 29.1 Å². The summed E-state index contributed by atoms with van der Waals surface area (Å²) in [7, 11) is 0. The molecule has 0 aliphatic heterocycles. The van der Waals surface area contributed by atoms with Gasteiger partial charge >= 0.3 is 0 Å². The fourth-order valence-corrected chi connectivity index (χ4v) is 3.43. The number of nitrogens with zero attached hydrogens (tertiary/aromatic N) is 3. The highest BCUT2D eigenvalue weighted by atomic mass is 35.5. The lowest BCUT2D eigenvalue weighted by atomic mass is 9.86. The van der Waals surface area contributed by atoms with Crippen LogP contribution in [0.25, 0.3) is 0 Å². The van der Waals surface area contributed by atoms with E-state index < -0.39 is 23.4 Å². The topological polar surface area (TPSA) is 80.0 Å². The van der Waals surface area contributed by atoms with Gasteiger partial charge in [0.25, 0.3) is 5.91 Å². The Labute approximate surface area is 170 Å². The summed E-state index contributed by atoms with van der Waals surface area (Å²) in [6, 6.07) is 9.04. The molecule has 0 saturated heterocycles. The van der Waals surface area contributed by atoms with Crippen molar-refractivity contribution in [2.45, 2.75) is 25.1 Å². The zero-order chi connectivity index (χ0) is 20.3. The predicted molar refractivity (Wildman–Crippen MR) is 104 cm³/mol. The number of amides is 1. The van der Waals surface area contributed by atoms with Gasteiger partial charge in [0.05, 0.1) is 12.6 Å². The lowest BCUT2D eigenvalue weighted by molar-refractivity contribution is -0.0155. The molecule has 0 radical (unpaired) electrons. The molecule has 9 heteroatoms. The number of nitrogens with one attached hydrogen (secondary N) is 1. The number of hydrogen-bond acceptors (Lipinski definition) is 4. The van der Waals surface area contributed by atoms with Gasteiger partial charge in [0.15, 0.2) is 0 Å². The van der Waals surface area contributed by atoms with E-state index in [0.717, 1.165) is 0 Å². The van der Waals surface area contributed by atoms with E-state index in [-0.39, 0.29) is 17.1 Å². The number of halogens is 3. The van der Waals surface area contributed by atoms with Gasteiger partial charge in [-0.1, -0.05) is 29.3 Å². The van der Waals surface area contributed by atoms with Crippen LogP contribution in [0.15, 0.2) is 55.1 Å². The zero-order valence-corrected chi connectivity index (χ0v) is 16.3. The summed E-state index contributed by atoms with van der Waals surface area (Å²) in [6.45, 7) is 1.63. The first-order chi connectivity index (χ1) is 13.3. The molecule has 0 saturated carbocycles. The third kappa shape index (κ3) is 4.32. The summed E-state index contributed by atoms with van der Waals surface area (Å²) in [4.78, 5) is 16.4. The fraction of sp³-hybridized carbons (Fsp3) is 0.211. The van der Waals surface area contributed by atoms with Gasteiger partial charge in [-0.25, -0.2) is 14.1 Å². The van der Waals surface area contributed by atoms with E-state index in [2.05, 4.69) is 15.4 Å². The Bertz CT molecular complexity index is 967. The second kappa shape index (κ2) is 8.26. The Hall–Kier alpha value is -2.48. The van der Waals surface area contributed by atoms with Gasteiger partial charge in [-0.3, -0.25) is 4.79 Å². The van der Waals surface area contributed by atoms with Gasteiger partial charge in [-0.2, -0.15) is 5.10 Å². The summed E-state index contributed by atoms with van der Waals surface area (Å²) in [5.41, 5.74) is -0.982. The van der Waals surface area contributed by atoms with E-state index in [1.54, 1.807) is 19.1 Å². The summed E-state index contributed by atoms with van der Waals surface area (Å²) in [5, 5.41) is 19.0. The molecule has 2 aromatic carbocycles. The van der Waals surface area contributed by atoms with Crippen LogP contribution in [0.1, 0.15) is 22.8 Å². The van der Waals surface area contributed by atoms with Crippen LogP contribution in [0.2, 0.25) is 10.0 Å². The molecule has 6 nitrogen and oxygen atoms in total. The van der Waals surface area contributed by atoms with Gasteiger partial charge in [-0.15, -0.1) is 0 Å². The molecule has 1 amide bonds. The number of hydrogen-bond donors (Lipinski definition) is 2. The highest BCUT2D eigenvalue weighted by Gasteiger charge is 2.39.